The van der Waals surface area contributed by atoms with Gasteiger partial charge < -0.3 is 15.8 Å². The zero-order valence-electron chi connectivity index (χ0n) is 10.2. The van der Waals surface area contributed by atoms with Gasteiger partial charge in [0.05, 0.1) is 0 Å². The number of aromatic nitrogens is 1. The molecule has 0 bridgehead atoms. The number of nitrogens with zero attached hydrogens (tertiary/aromatic N) is 3. The van der Waals surface area contributed by atoms with Gasteiger partial charge in [0.25, 0.3) is 0 Å². The van der Waals surface area contributed by atoms with Crippen LogP contribution < -0.4 is 10.6 Å². The number of pyridine rings is 1. The van der Waals surface area contributed by atoms with E-state index in [9.17, 15) is 0 Å². The molecular formula is C12H18N4O. The fourth-order valence-corrected chi connectivity index (χ4v) is 1.83. The molecule has 1 heterocycles. The van der Waals surface area contributed by atoms with E-state index in [0.717, 1.165) is 24.0 Å². The highest BCUT2D eigenvalue weighted by molar-refractivity contribution is 5.97. The minimum atomic E-state index is 0.122. The van der Waals surface area contributed by atoms with Crippen LogP contribution in [0.5, 0.6) is 0 Å². The Hall–Kier alpha value is -1.78. The first kappa shape index (κ1) is 11.7. The van der Waals surface area contributed by atoms with Gasteiger partial charge >= 0.3 is 0 Å². The zero-order chi connectivity index (χ0) is 12.4. The normalized spacial score (nSPS) is 16.0. The van der Waals surface area contributed by atoms with Crippen LogP contribution in [0.25, 0.3) is 0 Å². The monoisotopic (exact) mass is 234 g/mol. The topological polar surface area (TPSA) is 74.7 Å². The summed E-state index contributed by atoms with van der Waals surface area (Å²) in [6.45, 7) is 2.93. The van der Waals surface area contributed by atoms with Gasteiger partial charge in [-0.15, -0.1) is 0 Å². The van der Waals surface area contributed by atoms with Crippen LogP contribution in [0.1, 0.15) is 24.1 Å². The maximum absolute atomic E-state index is 8.69. The zero-order valence-corrected chi connectivity index (χ0v) is 10.2. The highest BCUT2D eigenvalue weighted by atomic mass is 16.4. The first-order valence-corrected chi connectivity index (χ1v) is 5.78. The van der Waals surface area contributed by atoms with Gasteiger partial charge in [-0.05, 0) is 37.8 Å². The SMILES string of the molecule is Cc1cc(/C(N)=N/O)cc(N(C)CC2CC2)n1. The Morgan fingerprint density at radius 3 is 2.88 bits per heavy atom. The molecule has 2 rings (SSSR count). The Balaban J connectivity index is 2.23. The molecule has 0 spiro atoms. The molecule has 0 atom stereocenters. The summed E-state index contributed by atoms with van der Waals surface area (Å²) in [5.74, 6) is 1.80. The number of aryl methyl sites for hydroxylation is 1. The summed E-state index contributed by atoms with van der Waals surface area (Å²) >= 11 is 0. The minimum Gasteiger partial charge on any atom is -0.409 e. The third-order valence-electron chi connectivity index (χ3n) is 2.96. The number of amidine groups is 1. The molecule has 1 aliphatic carbocycles. The molecule has 5 nitrogen and oxygen atoms in total. The van der Waals surface area contributed by atoms with Crippen molar-refractivity contribution in [2.24, 2.45) is 16.8 Å². The van der Waals surface area contributed by atoms with E-state index < -0.39 is 0 Å². The Morgan fingerprint density at radius 1 is 1.59 bits per heavy atom. The van der Waals surface area contributed by atoms with Crippen LogP contribution in [-0.4, -0.2) is 29.6 Å². The van der Waals surface area contributed by atoms with Crippen LogP contribution in [0.3, 0.4) is 0 Å². The maximum atomic E-state index is 8.69. The quantitative estimate of drug-likeness (QED) is 0.357. The lowest BCUT2D eigenvalue weighted by Gasteiger charge is -2.19. The predicted octanol–water partition coefficient (Wildman–Crippen LogP) is 1.33. The fraction of sp³-hybridized carbons (Fsp3) is 0.500. The molecule has 0 aliphatic heterocycles. The van der Waals surface area contributed by atoms with Gasteiger partial charge in [-0.3, -0.25) is 0 Å². The van der Waals surface area contributed by atoms with E-state index in [0.29, 0.717) is 5.56 Å². The van der Waals surface area contributed by atoms with Gasteiger partial charge in [-0.25, -0.2) is 4.98 Å². The second-order valence-electron chi connectivity index (χ2n) is 4.66. The molecule has 1 fully saturated rings. The van der Waals surface area contributed by atoms with Gasteiger partial charge in [-0.2, -0.15) is 0 Å². The van der Waals surface area contributed by atoms with Crippen molar-refractivity contribution in [2.45, 2.75) is 19.8 Å². The molecule has 1 aliphatic rings. The molecular weight excluding hydrogens is 216 g/mol. The van der Waals surface area contributed by atoms with Crippen molar-refractivity contribution in [1.29, 1.82) is 0 Å². The van der Waals surface area contributed by atoms with Crippen LogP contribution in [0, 0.1) is 12.8 Å². The molecule has 92 valence electrons. The van der Waals surface area contributed by atoms with Crippen LogP contribution in [0.15, 0.2) is 17.3 Å². The summed E-state index contributed by atoms with van der Waals surface area (Å²) < 4.78 is 0. The van der Waals surface area contributed by atoms with Gasteiger partial charge in [-0.1, -0.05) is 5.16 Å². The first-order chi connectivity index (χ1) is 8.10. The van der Waals surface area contributed by atoms with Crippen molar-refractivity contribution in [3.63, 3.8) is 0 Å². The fourth-order valence-electron chi connectivity index (χ4n) is 1.83. The van der Waals surface area contributed by atoms with Crippen LogP contribution in [0.2, 0.25) is 0 Å². The molecule has 0 saturated heterocycles. The second kappa shape index (κ2) is 4.61. The number of anilines is 1. The average Bonchev–Trinajstić information content (AvgIpc) is 3.11. The molecule has 0 amide bonds. The maximum Gasteiger partial charge on any atom is 0.170 e. The first-order valence-electron chi connectivity index (χ1n) is 5.78. The molecule has 0 unspecified atom stereocenters. The summed E-state index contributed by atoms with van der Waals surface area (Å²) in [6.07, 6.45) is 2.62. The predicted molar refractivity (Wildman–Crippen MR) is 67.5 cm³/mol. The smallest absolute Gasteiger partial charge is 0.170 e. The highest BCUT2D eigenvalue weighted by Crippen LogP contribution is 2.30. The number of hydrogen-bond donors (Lipinski definition) is 2. The average molecular weight is 234 g/mol. The van der Waals surface area contributed by atoms with Crippen molar-refractivity contribution in [3.05, 3.63) is 23.4 Å². The van der Waals surface area contributed by atoms with Gasteiger partial charge in [0.2, 0.25) is 0 Å². The van der Waals surface area contributed by atoms with Crippen LogP contribution in [-0.2, 0) is 0 Å². The number of rotatable bonds is 4. The van der Waals surface area contributed by atoms with E-state index in [1.807, 2.05) is 26.1 Å². The Bertz CT molecular complexity index is 440. The lowest BCUT2D eigenvalue weighted by atomic mass is 10.2. The summed E-state index contributed by atoms with van der Waals surface area (Å²) in [5.41, 5.74) is 7.17. The van der Waals surface area contributed by atoms with Crippen molar-refractivity contribution >= 4 is 11.7 Å². The van der Waals surface area contributed by atoms with E-state index >= 15 is 0 Å². The third kappa shape index (κ3) is 2.87. The summed E-state index contributed by atoms with van der Waals surface area (Å²) in [4.78, 5) is 6.59. The Kier molecular flexibility index (Phi) is 3.17. The van der Waals surface area contributed by atoms with Crippen LogP contribution >= 0.6 is 0 Å². The van der Waals surface area contributed by atoms with Crippen LogP contribution in [0.4, 0.5) is 5.82 Å². The standard InChI is InChI=1S/C12H18N4O/c1-8-5-10(12(13)15-17)6-11(14-8)16(2)7-9-3-4-9/h5-6,9,17H,3-4,7H2,1-2H3,(H2,13,15). The highest BCUT2D eigenvalue weighted by Gasteiger charge is 2.23. The lowest BCUT2D eigenvalue weighted by molar-refractivity contribution is 0.318. The molecule has 0 radical (unpaired) electrons. The Labute approximate surface area is 101 Å². The molecule has 1 aromatic rings. The van der Waals surface area contributed by atoms with Gasteiger partial charge in [0, 0.05) is 24.8 Å². The largest absolute Gasteiger partial charge is 0.409 e. The van der Waals surface area contributed by atoms with Crippen molar-refractivity contribution < 1.29 is 5.21 Å². The van der Waals surface area contributed by atoms with Crippen molar-refractivity contribution in [1.82, 2.24) is 4.98 Å². The van der Waals surface area contributed by atoms with E-state index in [1.54, 1.807) is 0 Å². The molecule has 0 aromatic carbocycles. The van der Waals surface area contributed by atoms with Crippen molar-refractivity contribution in [2.75, 3.05) is 18.5 Å². The molecule has 17 heavy (non-hydrogen) atoms. The molecule has 5 heteroatoms. The molecule has 3 N–H and O–H groups in total. The third-order valence-corrected chi connectivity index (χ3v) is 2.96. The molecule has 1 aromatic heterocycles. The minimum absolute atomic E-state index is 0.122. The summed E-state index contributed by atoms with van der Waals surface area (Å²) in [6, 6.07) is 3.66. The number of hydrogen-bond acceptors (Lipinski definition) is 4. The summed E-state index contributed by atoms with van der Waals surface area (Å²) in [5, 5.41) is 11.7. The van der Waals surface area contributed by atoms with Gasteiger partial charge in [0.1, 0.15) is 5.82 Å². The Morgan fingerprint density at radius 2 is 2.29 bits per heavy atom. The van der Waals surface area contributed by atoms with Crippen molar-refractivity contribution in [3.8, 4) is 0 Å². The van der Waals surface area contributed by atoms with E-state index in [2.05, 4.69) is 15.0 Å². The second-order valence-corrected chi connectivity index (χ2v) is 4.66. The summed E-state index contributed by atoms with van der Waals surface area (Å²) in [7, 11) is 2.02. The molecule has 1 saturated carbocycles. The number of nitrogens with two attached hydrogens (primary N) is 1. The van der Waals surface area contributed by atoms with Gasteiger partial charge in [0.15, 0.2) is 5.84 Å². The van der Waals surface area contributed by atoms with E-state index in [1.165, 1.54) is 12.8 Å². The van der Waals surface area contributed by atoms with E-state index in [-0.39, 0.29) is 5.84 Å². The lowest BCUT2D eigenvalue weighted by Crippen LogP contribution is -2.22. The van der Waals surface area contributed by atoms with E-state index in [4.69, 9.17) is 10.9 Å². The number of oxime groups is 1.